The largest absolute Gasteiger partial charge is 0.397 e. The molecule has 98 valence electrons. The van der Waals surface area contributed by atoms with E-state index in [2.05, 4.69) is 25.0 Å². The van der Waals surface area contributed by atoms with Crippen molar-refractivity contribution in [2.45, 2.75) is 52.9 Å². The predicted octanol–water partition coefficient (Wildman–Crippen LogP) is 3.05. The summed E-state index contributed by atoms with van der Waals surface area (Å²) in [5.41, 5.74) is 0. The van der Waals surface area contributed by atoms with E-state index in [1.165, 1.54) is 19.3 Å². The maximum absolute atomic E-state index is 10.3. The van der Waals surface area contributed by atoms with Gasteiger partial charge in [0, 0.05) is 0 Å². The summed E-state index contributed by atoms with van der Waals surface area (Å²) in [5, 5.41) is 0. The first-order valence-corrected chi connectivity index (χ1v) is 7.29. The van der Waals surface area contributed by atoms with E-state index in [0.29, 0.717) is 12.3 Å². The third-order valence-electron chi connectivity index (χ3n) is 2.55. The van der Waals surface area contributed by atoms with Crippen molar-refractivity contribution < 1.29 is 17.2 Å². The average Bonchev–Trinajstić information content (AvgIpc) is 2.10. The summed E-state index contributed by atoms with van der Waals surface area (Å²) in [6.45, 7) is 6.66. The molecule has 0 radical (unpaired) electrons. The van der Waals surface area contributed by atoms with Crippen LogP contribution in [-0.4, -0.2) is 19.6 Å². The Labute approximate surface area is 99.3 Å². The Morgan fingerprint density at radius 2 is 1.62 bits per heavy atom. The van der Waals surface area contributed by atoms with Gasteiger partial charge in [0.15, 0.2) is 0 Å². The molecule has 1 unspecified atom stereocenters. The lowest BCUT2D eigenvalue weighted by molar-refractivity contribution is 0.254. The molecular weight excluding hydrogens is 228 g/mol. The molecule has 0 aliphatic rings. The van der Waals surface area contributed by atoms with E-state index in [-0.39, 0.29) is 6.61 Å². The van der Waals surface area contributed by atoms with Crippen molar-refractivity contribution in [3.05, 3.63) is 0 Å². The van der Waals surface area contributed by atoms with Gasteiger partial charge in [-0.2, -0.15) is 8.42 Å². The Balaban J connectivity index is 3.40. The number of rotatable bonds is 9. The van der Waals surface area contributed by atoms with Gasteiger partial charge in [-0.05, 0) is 24.7 Å². The predicted molar refractivity (Wildman–Crippen MR) is 64.6 cm³/mol. The Morgan fingerprint density at radius 3 is 2.12 bits per heavy atom. The zero-order valence-electron chi connectivity index (χ0n) is 10.5. The molecule has 0 rings (SSSR count). The topological polar surface area (TPSA) is 63.6 Å². The average molecular weight is 252 g/mol. The van der Waals surface area contributed by atoms with Gasteiger partial charge in [0.25, 0.3) is 0 Å². The van der Waals surface area contributed by atoms with E-state index in [0.717, 1.165) is 12.3 Å². The highest BCUT2D eigenvalue weighted by molar-refractivity contribution is 7.80. The zero-order chi connectivity index (χ0) is 12.6. The van der Waals surface area contributed by atoms with Crippen LogP contribution in [0.2, 0.25) is 0 Å². The van der Waals surface area contributed by atoms with E-state index in [9.17, 15) is 8.42 Å². The Bertz CT molecular complexity index is 259. The molecule has 0 heterocycles. The summed E-state index contributed by atoms with van der Waals surface area (Å²) >= 11 is 0. The quantitative estimate of drug-likeness (QED) is 0.506. The lowest BCUT2D eigenvalue weighted by Crippen LogP contribution is -2.06. The van der Waals surface area contributed by atoms with Crippen LogP contribution in [0.4, 0.5) is 0 Å². The van der Waals surface area contributed by atoms with Crippen LogP contribution in [0.5, 0.6) is 0 Å². The monoisotopic (exact) mass is 252 g/mol. The van der Waals surface area contributed by atoms with E-state index >= 15 is 0 Å². The summed E-state index contributed by atoms with van der Waals surface area (Å²) in [5.74, 6) is 1.33. The van der Waals surface area contributed by atoms with Crippen molar-refractivity contribution in [3.8, 4) is 0 Å². The fraction of sp³-hybridized carbons (Fsp3) is 1.00. The molecule has 0 aromatic carbocycles. The summed E-state index contributed by atoms with van der Waals surface area (Å²) in [6, 6.07) is 0. The van der Waals surface area contributed by atoms with E-state index in [1.54, 1.807) is 0 Å². The van der Waals surface area contributed by atoms with Crippen LogP contribution < -0.4 is 0 Å². The molecule has 0 aliphatic heterocycles. The van der Waals surface area contributed by atoms with Gasteiger partial charge in [0.1, 0.15) is 0 Å². The van der Waals surface area contributed by atoms with Gasteiger partial charge in [-0.3, -0.25) is 4.55 Å². The van der Waals surface area contributed by atoms with Crippen LogP contribution in [0.3, 0.4) is 0 Å². The van der Waals surface area contributed by atoms with Crippen LogP contribution in [0.1, 0.15) is 52.9 Å². The summed E-state index contributed by atoms with van der Waals surface area (Å²) in [4.78, 5) is 0. The maximum Gasteiger partial charge on any atom is 0.397 e. The molecule has 0 aliphatic carbocycles. The molecule has 0 amide bonds. The molecule has 0 spiro atoms. The van der Waals surface area contributed by atoms with Crippen molar-refractivity contribution in [2.24, 2.45) is 11.8 Å². The highest BCUT2D eigenvalue weighted by atomic mass is 32.3. The fourth-order valence-corrected chi connectivity index (χ4v) is 1.94. The molecular formula is C11H24O4S. The van der Waals surface area contributed by atoms with Crippen molar-refractivity contribution in [3.63, 3.8) is 0 Å². The van der Waals surface area contributed by atoms with Crippen LogP contribution in [0.25, 0.3) is 0 Å². The smallest absolute Gasteiger partial charge is 0.264 e. The van der Waals surface area contributed by atoms with Crippen molar-refractivity contribution in [1.29, 1.82) is 0 Å². The van der Waals surface area contributed by atoms with E-state index in [1.807, 2.05) is 0 Å². The molecule has 1 atom stereocenters. The van der Waals surface area contributed by atoms with Crippen LogP contribution in [0.15, 0.2) is 0 Å². The molecule has 0 aromatic rings. The Kier molecular flexibility index (Phi) is 7.97. The number of hydrogen-bond donors (Lipinski definition) is 1. The summed E-state index contributed by atoms with van der Waals surface area (Å²) in [6.07, 6.45) is 5.24. The third-order valence-corrected chi connectivity index (χ3v) is 3.02. The molecule has 0 saturated heterocycles. The first-order valence-electron chi connectivity index (χ1n) is 5.93. The third kappa shape index (κ3) is 11.9. The molecule has 4 nitrogen and oxygen atoms in total. The second kappa shape index (κ2) is 8.03. The van der Waals surface area contributed by atoms with Gasteiger partial charge >= 0.3 is 10.4 Å². The summed E-state index contributed by atoms with van der Waals surface area (Å²) in [7, 11) is -4.25. The van der Waals surface area contributed by atoms with E-state index in [4.69, 9.17) is 4.55 Å². The standard InChI is InChI=1S/C11H24O4S/c1-10(2)6-4-7-11(3)8-5-9-15-16(12,13)14/h10-11H,4-9H2,1-3H3,(H,12,13,14). The lowest BCUT2D eigenvalue weighted by Gasteiger charge is -2.11. The minimum absolute atomic E-state index is 0.0767. The van der Waals surface area contributed by atoms with Crippen molar-refractivity contribution >= 4 is 10.4 Å². The van der Waals surface area contributed by atoms with Gasteiger partial charge in [-0.1, -0.05) is 40.0 Å². The van der Waals surface area contributed by atoms with Crippen LogP contribution in [-0.2, 0) is 14.6 Å². The van der Waals surface area contributed by atoms with Crippen LogP contribution >= 0.6 is 0 Å². The molecule has 16 heavy (non-hydrogen) atoms. The van der Waals surface area contributed by atoms with Crippen LogP contribution in [0, 0.1) is 11.8 Å². The summed E-state index contributed by atoms with van der Waals surface area (Å²) < 4.78 is 33.1. The Morgan fingerprint density at radius 1 is 1.06 bits per heavy atom. The SMILES string of the molecule is CC(C)CCCC(C)CCCOS(=O)(=O)O. The fourth-order valence-electron chi connectivity index (χ4n) is 1.61. The van der Waals surface area contributed by atoms with Gasteiger partial charge in [0.2, 0.25) is 0 Å². The minimum atomic E-state index is -4.25. The van der Waals surface area contributed by atoms with Gasteiger partial charge < -0.3 is 0 Å². The Hall–Kier alpha value is -0.130. The molecule has 0 fully saturated rings. The highest BCUT2D eigenvalue weighted by Gasteiger charge is 2.06. The first-order chi connectivity index (χ1) is 7.31. The second-order valence-electron chi connectivity index (χ2n) is 4.82. The van der Waals surface area contributed by atoms with Gasteiger partial charge in [-0.15, -0.1) is 0 Å². The van der Waals surface area contributed by atoms with Crippen molar-refractivity contribution in [1.82, 2.24) is 0 Å². The first kappa shape index (κ1) is 15.9. The molecule has 0 bridgehead atoms. The molecule has 0 aromatic heterocycles. The van der Waals surface area contributed by atoms with Gasteiger partial charge in [-0.25, -0.2) is 4.18 Å². The second-order valence-corrected chi connectivity index (χ2v) is 5.91. The number of hydrogen-bond acceptors (Lipinski definition) is 3. The normalized spacial score (nSPS) is 14.3. The minimum Gasteiger partial charge on any atom is -0.264 e. The molecule has 5 heteroatoms. The maximum atomic E-state index is 10.3. The van der Waals surface area contributed by atoms with Gasteiger partial charge in [0.05, 0.1) is 6.61 Å². The molecule has 1 N–H and O–H groups in total. The van der Waals surface area contributed by atoms with E-state index < -0.39 is 10.4 Å². The zero-order valence-corrected chi connectivity index (χ0v) is 11.3. The lowest BCUT2D eigenvalue weighted by atomic mass is 9.96. The highest BCUT2D eigenvalue weighted by Crippen LogP contribution is 2.16. The van der Waals surface area contributed by atoms with Crippen molar-refractivity contribution in [2.75, 3.05) is 6.61 Å². The molecule has 0 saturated carbocycles.